The van der Waals surface area contributed by atoms with Gasteiger partial charge in [0.25, 0.3) is 0 Å². The van der Waals surface area contributed by atoms with Crippen LogP contribution in [0.5, 0.6) is 17.2 Å². The molecule has 1 heterocycles. The number of amides is 1. The van der Waals surface area contributed by atoms with Crippen molar-refractivity contribution >= 4 is 28.5 Å². The number of nitrogens with one attached hydrogen (secondary N) is 1. The first-order valence-electron chi connectivity index (χ1n) is 9.27. The third-order valence-electron chi connectivity index (χ3n) is 4.74. The standard InChI is InChI=1S/C20H25N3O4S/c1-25-15-11-13(12-16(26-2)18(15)27-3)9-10-17(24)21-20-23-22-19(28-20)14-7-5-4-6-8-14/h9-12,14H,4-8H2,1-3H3,(H,21,23,24). The maximum absolute atomic E-state index is 12.3. The zero-order chi connectivity index (χ0) is 19.9. The van der Waals surface area contributed by atoms with Crippen molar-refractivity contribution in [1.82, 2.24) is 10.2 Å². The molecule has 150 valence electrons. The molecule has 1 fully saturated rings. The van der Waals surface area contributed by atoms with Crippen LogP contribution in [-0.4, -0.2) is 37.4 Å². The molecule has 0 radical (unpaired) electrons. The molecule has 1 N–H and O–H groups in total. The van der Waals surface area contributed by atoms with Crippen LogP contribution in [0, 0.1) is 0 Å². The molecule has 1 aromatic heterocycles. The first kappa shape index (κ1) is 20.1. The Labute approximate surface area is 168 Å². The van der Waals surface area contributed by atoms with Crippen molar-refractivity contribution < 1.29 is 19.0 Å². The number of anilines is 1. The van der Waals surface area contributed by atoms with Gasteiger partial charge < -0.3 is 14.2 Å². The quantitative estimate of drug-likeness (QED) is 0.696. The summed E-state index contributed by atoms with van der Waals surface area (Å²) in [5.74, 6) is 1.79. The second kappa shape index (κ2) is 9.54. The Balaban J connectivity index is 1.66. The van der Waals surface area contributed by atoms with E-state index in [4.69, 9.17) is 14.2 Å². The second-order valence-electron chi connectivity index (χ2n) is 6.56. The molecule has 0 bridgehead atoms. The molecule has 1 aromatic carbocycles. The van der Waals surface area contributed by atoms with Crippen LogP contribution in [0.1, 0.15) is 48.6 Å². The van der Waals surface area contributed by atoms with Crippen LogP contribution in [0.25, 0.3) is 6.08 Å². The van der Waals surface area contributed by atoms with E-state index >= 15 is 0 Å². The van der Waals surface area contributed by atoms with E-state index in [0.717, 1.165) is 23.4 Å². The molecule has 1 saturated carbocycles. The SMILES string of the molecule is COc1cc(C=CC(=O)Nc2nnc(C3CCCCC3)s2)cc(OC)c1OC. The number of nitrogens with zero attached hydrogens (tertiary/aromatic N) is 2. The van der Waals surface area contributed by atoms with E-state index in [1.54, 1.807) is 39.5 Å². The van der Waals surface area contributed by atoms with E-state index in [9.17, 15) is 4.79 Å². The van der Waals surface area contributed by atoms with Gasteiger partial charge in [0.1, 0.15) is 5.01 Å². The molecule has 3 rings (SSSR count). The van der Waals surface area contributed by atoms with Gasteiger partial charge in [-0.05, 0) is 36.6 Å². The van der Waals surface area contributed by atoms with Gasteiger partial charge in [-0.1, -0.05) is 30.6 Å². The summed E-state index contributed by atoms with van der Waals surface area (Å²) in [5.41, 5.74) is 0.754. The van der Waals surface area contributed by atoms with Crippen LogP contribution in [0.2, 0.25) is 0 Å². The predicted octanol–water partition coefficient (Wildman–Crippen LogP) is 4.26. The summed E-state index contributed by atoms with van der Waals surface area (Å²) in [5, 5.41) is 12.7. The first-order chi connectivity index (χ1) is 13.6. The Morgan fingerprint density at radius 2 is 1.75 bits per heavy atom. The number of aromatic nitrogens is 2. The van der Waals surface area contributed by atoms with Crippen molar-refractivity contribution in [2.24, 2.45) is 0 Å². The summed E-state index contributed by atoms with van der Waals surface area (Å²) >= 11 is 1.46. The topological polar surface area (TPSA) is 82.6 Å². The minimum absolute atomic E-state index is 0.264. The van der Waals surface area contributed by atoms with Crippen LogP contribution in [0.4, 0.5) is 5.13 Å². The highest BCUT2D eigenvalue weighted by Crippen LogP contribution is 2.38. The number of ether oxygens (including phenoxy) is 3. The van der Waals surface area contributed by atoms with E-state index in [1.807, 2.05) is 0 Å². The van der Waals surface area contributed by atoms with Gasteiger partial charge in [-0.3, -0.25) is 10.1 Å². The molecule has 0 aliphatic heterocycles. The highest BCUT2D eigenvalue weighted by Gasteiger charge is 2.20. The number of carbonyl (C=O) groups is 1. The molecule has 1 aliphatic rings. The van der Waals surface area contributed by atoms with Crippen LogP contribution in [0.3, 0.4) is 0 Å². The number of carbonyl (C=O) groups excluding carboxylic acids is 1. The smallest absolute Gasteiger partial charge is 0.250 e. The minimum atomic E-state index is -0.264. The van der Waals surface area contributed by atoms with Crippen LogP contribution in [0.15, 0.2) is 18.2 Å². The lowest BCUT2D eigenvalue weighted by molar-refractivity contribution is -0.111. The summed E-state index contributed by atoms with van der Waals surface area (Å²) in [6, 6.07) is 3.55. The molecule has 1 amide bonds. The van der Waals surface area contributed by atoms with Crippen molar-refractivity contribution in [3.8, 4) is 17.2 Å². The van der Waals surface area contributed by atoms with E-state index in [1.165, 1.54) is 36.7 Å². The highest BCUT2D eigenvalue weighted by atomic mass is 32.1. The largest absolute Gasteiger partial charge is 0.493 e. The van der Waals surface area contributed by atoms with Gasteiger partial charge in [-0.25, -0.2) is 0 Å². The van der Waals surface area contributed by atoms with E-state index in [0.29, 0.717) is 28.3 Å². The minimum Gasteiger partial charge on any atom is -0.493 e. The van der Waals surface area contributed by atoms with Gasteiger partial charge in [0.2, 0.25) is 16.8 Å². The Morgan fingerprint density at radius 3 is 2.36 bits per heavy atom. The maximum Gasteiger partial charge on any atom is 0.250 e. The zero-order valence-corrected chi connectivity index (χ0v) is 17.2. The van der Waals surface area contributed by atoms with E-state index in [2.05, 4.69) is 15.5 Å². The Morgan fingerprint density at radius 1 is 1.07 bits per heavy atom. The summed E-state index contributed by atoms with van der Waals surface area (Å²) in [4.78, 5) is 12.3. The molecule has 0 saturated heterocycles. The van der Waals surface area contributed by atoms with Crippen LogP contribution in [-0.2, 0) is 4.79 Å². The van der Waals surface area contributed by atoms with Gasteiger partial charge in [0.15, 0.2) is 11.5 Å². The summed E-state index contributed by atoms with van der Waals surface area (Å²) < 4.78 is 16.0. The average molecular weight is 404 g/mol. The average Bonchev–Trinajstić information content (AvgIpc) is 3.20. The number of hydrogen-bond donors (Lipinski definition) is 1. The van der Waals surface area contributed by atoms with Gasteiger partial charge >= 0.3 is 0 Å². The lowest BCUT2D eigenvalue weighted by Crippen LogP contribution is -2.07. The fraction of sp³-hybridized carbons (Fsp3) is 0.450. The van der Waals surface area contributed by atoms with Crippen molar-refractivity contribution in [3.63, 3.8) is 0 Å². The Bertz CT molecular complexity index is 819. The van der Waals surface area contributed by atoms with Gasteiger partial charge in [-0.2, -0.15) is 0 Å². The number of benzene rings is 1. The first-order valence-corrected chi connectivity index (χ1v) is 10.1. The third kappa shape index (κ3) is 4.81. The molecule has 7 nitrogen and oxygen atoms in total. The van der Waals surface area contributed by atoms with Crippen molar-refractivity contribution in [2.75, 3.05) is 26.6 Å². The second-order valence-corrected chi connectivity index (χ2v) is 7.57. The molecule has 8 heteroatoms. The van der Waals surface area contributed by atoms with Crippen molar-refractivity contribution in [3.05, 3.63) is 28.8 Å². The normalized spacial score (nSPS) is 14.8. The lowest BCUT2D eigenvalue weighted by atomic mass is 9.90. The van der Waals surface area contributed by atoms with Crippen molar-refractivity contribution in [2.45, 2.75) is 38.0 Å². The number of hydrogen-bond acceptors (Lipinski definition) is 7. The van der Waals surface area contributed by atoms with Crippen LogP contribution >= 0.6 is 11.3 Å². The van der Waals surface area contributed by atoms with Gasteiger partial charge in [-0.15, -0.1) is 10.2 Å². The fourth-order valence-electron chi connectivity index (χ4n) is 3.32. The van der Waals surface area contributed by atoms with Crippen molar-refractivity contribution in [1.29, 1.82) is 0 Å². The van der Waals surface area contributed by atoms with Gasteiger partial charge in [0.05, 0.1) is 21.3 Å². The summed E-state index contributed by atoms with van der Waals surface area (Å²) in [7, 11) is 4.65. The predicted molar refractivity (Wildman–Crippen MR) is 109 cm³/mol. The fourth-order valence-corrected chi connectivity index (χ4v) is 4.23. The van der Waals surface area contributed by atoms with E-state index < -0.39 is 0 Å². The molecule has 0 spiro atoms. The summed E-state index contributed by atoms with van der Waals surface area (Å²) in [6.07, 6.45) is 9.22. The monoisotopic (exact) mass is 403 g/mol. The molecule has 2 aromatic rings. The molecule has 0 atom stereocenters. The third-order valence-corrected chi connectivity index (χ3v) is 5.74. The Hall–Kier alpha value is -2.61. The molecular weight excluding hydrogens is 378 g/mol. The molecule has 28 heavy (non-hydrogen) atoms. The number of rotatable bonds is 7. The number of methoxy groups -OCH3 is 3. The van der Waals surface area contributed by atoms with Gasteiger partial charge in [0, 0.05) is 12.0 Å². The lowest BCUT2D eigenvalue weighted by Gasteiger charge is -2.18. The summed E-state index contributed by atoms with van der Waals surface area (Å²) in [6.45, 7) is 0. The zero-order valence-electron chi connectivity index (χ0n) is 16.4. The maximum atomic E-state index is 12.3. The highest BCUT2D eigenvalue weighted by molar-refractivity contribution is 7.15. The van der Waals surface area contributed by atoms with E-state index in [-0.39, 0.29) is 5.91 Å². The molecule has 0 unspecified atom stereocenters. The molecule has 1 aliphatic carbocycles. The van der Waals surface area contributed by atoms with Crippen LogP contribution < -0.4 is 19.5 Å². The Kier molecular flexibility index (Phi) is 6.86. The molecular formula is C20H25N3O4S.